The third-order valence-electron chi connectivity index (χ3n) is 2.71. The van der Waals surface area contributed by atoms with Crippen LogP contribution in [0.4, 0.5) is 4.39 Å². The topological polar surface area (TPSA) is 46.3 Å². The van der Waals surface area contributed by atoms with Gasteiger partial charge in [-0.25, -0.2) is 4.39 Å². The first-order valence-corrected chi connectivity index (χ1v) is 5.49. The molecule has 0 heterocycles. The lowest BCUT2D eigenvalue weighted by Crippen LogP contribution is -2.37. The van der Waals surface area contributed by atoms with Gasteiger partial charge in [0.25, 0.3) is 5.91 Å². The molecule has 2 rings (SSSR count). The molecule has 4 heteroatoms. The summed E-state index contributed by atoms with van der Waals surface area (Å²) < 4.78 is 12.7. The Morgan fingerprint density at radius 3 is 2.50 bits per heavy atom. The highest BCUT2D eigenvalue weighted by Gasteiger charge is 2.32. The lowest BCUT2D eigenvalue weighted by Gasteiger charge is -2.21. The van der Waals surface area contributed by atoms with Crippen LogP contribution in [0.2, 0.25) is 0 Å². The van der Waals surface area contributed by atoms with Gasteiger partial charge in [-0.3, -0.25) is 4.79 Å². The monoisotopic (exact) mass is 222 g/mol. The van der Waals surface area contributed by atoms with E-state index in [1.165, 1.54) is 24.3 Å². The van der Waals surface area contributed by atoms with Gasteiger partial charge in [0.05, 0.1) is 0 Å². The molecule has 0 unspecified atom stereocenters. The average molecular weight is 222 g/mol. The molecular weight excluding hydrogens is 207 g/mol. The largest absolute Gasteiger partial charge is 0.334 e. The molecule has 1 aromatic carbocycles. The molecule has 1 saturated carbocycles. The van der Waals surface area contributed by atoms with Crippen molar-refractivity contribution in [2.75, 3.05) is 13.1 Å². The molecule has 86 valence electrons. The van der Waals surface area contributed by atoms with Crippen LogP contribution in [-0.2, 0) is 0 Å². The molecule has 0 spiro atoms. The minimum atomic E-state index is -0.326. The zero-order valence-corrected chi connectivity index (χ0v) is 9.03. The van der Waals surface area contributed by atoms with Crippen LogP contribution >= 0.6 is 0 Å². The van der Waals surface area contributed by atoms with Crippen LogP contribution in [0.3, 0.4) is 0 Å². The molecule has 0 atom stereocenters. The van der Waals surface area contributed by atoms with Crippen LogP contribution in [-0.4, -0.2) is 29.9 Å². The van der Waals surface area contributed by atoms with E-state index in [1.807, 2.05) is 0 Å². The Hall–Kier alpha value is -1.42. The number of rotatable bonds is 4. The lowest BCUT2D eigenvalue weighted by molar-refractivity contribution is 0.0748. The number of carbonyl (C=O) groups excluding carboxylic acids is 1. The molecule has 16 heavy (non-hydrogen) atoms. The van der Waals surface area contributed by atoms with Crippen molar-refractivity contribution < 1.29 is 9.18 Å². The zero-order valence-electron chi connectivity index (χ0n) is 9.03. The van der Waals surface area contributed by atoms with Crippen molar-refractivity contribution in [3.05, 3.63) is 35.6 Å². The molecule has 0 bridgehead atoms. The third-order valence-corrected chi connectivity index (χ3v) is 2.71. The number of hydrogen-bond acceptors (Lipinski definition) is 2. The fraction of sp³-hybridized carbons (Fsp3) is 0.417. The molecule has 1 aromatic rings. The second-order valence-electron chi connectivity index (χ2n) is 4.03. The molecule has 1 aliphatic rings. The second-order valence-corrected chi connectivity index (χ2v) is 4.03. The van der Waals surface area contributed by atoms with E-state index in [2.05, 4.69) is 0 Å². The van der Waals surface area contributed by atoms with Gasteiger partial charge in [0.15, 0.2) is 0 Å². The molecule has 1 fully saturated rings. The quantitative estimate of drug-likeness (QED) is 0.836. The fourth-order valence-electron chi connectivity index (χ4n) is 1.73. The first-order chi connectivity index (χ1) is 7.72. The van der Waals surface area contributed by atoms with E-state index >= 15 is 0 Å². The molecule has 0 radical (unpaired) electrons. The normalized spacial score (nSPS) is 14.9. The lowest BCUT2D eigenvalue weighted by atomic mass is 10.2. The minimum absolute atomic E-state index is 0.0482. The number of nitrogens with two attached hydrogens (primary N) is 1. The Morgan fingerprint density at radius 1 is 1.38 bits per heavy atom. The SMILES string of the molecule is NCCN(C(=O)c1ccc(F)cc1)C1CC1. The first-order valence-electron chi connectivity index (χ1n) is 5.49. The van der Waals surface area contributed by atoms with Gasteiger partial charge in [-0.1, -0.05) is 0 Å². The summed E-state index contributed by atoms with van der Waals surface area (Å²) in [6.45, 7) is 1.03. The van der Waals surface area contributed by atoms with Gasteiger partial charge >= 0.3 is 0 Å². The number of carbonyl (C=O) groups is 1. The van der Waals surface area contributed by atoms with Crippen molar-refractivity contribution in [1.82, 2.24) is 4.90 Å². The van der Waals surface area contributed by atoms with E-state index in [9.17, 15) is 9.18 Å². The van der Waals surface area contributed by atoms with Crippen molar-refractivity contribution in [1.29, 1.82) is 0 Å². The van der Waals surface area contributed by atoms with Crippen LogP contribution in [0, 0.1) is 5.82 Å². The summed E-state index contributed by atoms with van der Waals surface area (Å²) in [7, 11) is 0. The Morgan fingerprint density at radius 2 is 2.00 bits per heavy atom. The maximum Gasteiger partial charge on any atom is 0.254 e. The smallest absolute Gasteiger partial charge is 0.254 e. The Kier molecular flexibility index (Phi) is 3.19. The van der Waals surface area contributed by atoms with Gasteiger partial charge in [0, 0.05) is 24.7 Å². The molecule has 2 N–H and O–H groups in total. The van der Waals surface area contributed by atoms with Gasteiger partial charge in [-0.05, 0) is 37.1 Å². The highest BCUT2D eigenvalue weighted by atomic mass is 19.1. The highest BCUT2D eigenvalue weighted by Crippen LogP contribution is 2.27. The van der Waals surface area contributed by atoms with Gasteiger partial charge in [-0.15, -0.1) is 0 Å². The van der Waals surface area contributed by atoms with Crippen molar-refractivity contribution in [2.24, 2.45) is 5.73 Å². The average Bonchev–Trinajstić information content (AvgIpc) is 3.10. The second kappa shape index (κ2) is 4.61. The summed E-state index contributed by atoms with van der Waals surface area (Å²) in [4.78, 5) is 13.9. The van der Waals surface area contributed by atoms with Crippen LogP contribution in [0.25, 0.3) is 0 Å². The summed E-state index contributed by atoms with van der Waals surface area (Å²) >= 11 is 0. The molecule has 0 saturated heterocycles. The van der Waals surface area contributed by atoms with Crippen LogP contribution in [0.5, 0.6) is 0 Å². The van der Waals surface area contributed by atoms with E-state index in [1.54, 1.807) is 4.90 Å². The number of amides is 1. The van der Waals surface area contributed by atoms with Crippen molar-refractivity contribution in [3.63, 3.8) is 0 Å². The van der Waals surface area contributed by atoms with Crippen LogP contribution < -0.4 is 5.73 Å². The molecule has 1 amide bonds. The standard InChI is InChI=1S/C12H15FN2O/c13-10-3-1-9(2-4-10)12(16)15(8-7-14)11-5-6-11/h1-4,11H,5-8,14H2. The van der Waals surface area contributed by atoms with Gasteiger partial charge < -0.3 is 10.6 Å². The van der Waals surface area contributed by atoms with E-state index in [4.69, 9.17) is 5.73 Å². The predicted molar refractivity (Wildman–Crippen MR) is 59.5 cm³/mol. The van der Waals surface area contributed by atoms with E-state index in [0.717, 1.165) is 12.8 Å². The summed E-state index contributed by atoms with van der Waals surface area (Å²) in [5.74, 6) is -0.374. The third kappa shape index (κ3) is 2.39. The first kappa shape index (κ1) is 11.1. The maximum atomic E-state index is 12.7. The predicted octanol–water partition coefficient (Wildman–Crippen LogP) is 1.39. The van der Waals surface area contributed by atoms with Crippen LogP contribution in [0.15, 0.2) is 24.3 Å². The number of nitrogens with zero attached hydrogens (tertiary/aromatic N) is 1. The zero-order chi connectivity index (χ0) is 11.5. The Bertz CT molecular complexity index is 373. The molecular formula is C12H15FN2O. The molecule has 0 aliphatic heterocycles. The van der Waals surface area contributed by atoms with Crippen LogP contribution in [0.1, 0.15) is 23.2 Å². The summed E-state index contributed by atoms with van der Waals surface area (Å²) in [6, 6.07) is 5.98. The highest BCUT2D eigenvalue weighted by molar-refractivity contribution is 5.94. The number of benzene rings is 1. The van der Waals surface area contributed by atoms with E-state index in [-0.39, 0.29) is 11.7 Å². The number of halogens is 1. The Labute approximate surface area is 94.0 Å². The molecule has 3 nitrogen and oxygen atoms in total. The fourth-order valence-corrected chi connectivity index (χ4v) is 1.73. The summed E-state index contributed by atoms with van der Waals surface area (Å²) in [5, 5.41) is 0. The molecule has 0 aromatic heterocycles. The summed E-state index contributed by atoms with van der Waals surface area (Å²) in [6.07, 6.45) is 2.10. The van der Waals surface area contributed by atoms with E-state index < -0.39 is 0 Å². The Balaban J connectivity index is 2.12. The van der Waals surface area contributed by atoms with Gasteiger partial charge in [0.1, 0.15) is 5.82 Å². The maximum absolute atomic E-state index is 12.7. The summed E-state index contributed by atoms with van der Waals surface area (Å²) in [5.41, 5.74) is 6.01. The molecule has 1 aliphatic carbocycles. The number of hydrogen-bond donors (Lipinski definition) is 1. The minimum Gasteiger partial charge on any atom is -0.334 e. The van der Waals surface area contributed by atoms with Crippen molar-refractivity contribution in [2.45, 2.75) is 18.9 Å². The van der Waals surface area contributed by atoms with Gasteiger partial charge in [-0.2, -0.15) is 0 Å². The van der Waals surface area contributed by atoms with Crippen molar-refractivity contribution in [3.8, 4) is 0 Å². The van der Waals surface area contributed by atoms with E-state index in [0.29, 0.717) is 24.7 Å². The van der Waals surface area contributed by atoms with Gasteiger partial charge in [0.2, 0.25) is 0 Å². The van der Waals surface area contributed by atoms with Crippen molar-refractivity contribution >= 4 is 5.91 Å².